The number of methoxy groups -OCH3 is 1. The van der Waals surface area contributed by atoms with E-state index in [1.165, 1.54) is 7.11 Å². The number of sulfonamides is 1. The molecule has 8 atom stereocenters. The molecule has 19 heteroatoms. The Morgan fingerprint density at radius 3 is 2.43 bits per heavy atom. The number of halogens is 3. The quantitative estimate of drug-likeness (QED) is 0.188. The maximum atomic E-state index is 17.8. The Morgan fingerprint density at radius 2 is 1.84 bits per heavy atom. The number of ether oxygens (including phenoxy) is 2. The summed E-state index contributed by atoms with van der Waals surface area (Å²) in [6.45, 7) is 6.59. The molecule has 1 unspecified atom stereocenters. The third-order valence-corrected chi connectivity index (χ3v) is 15.2. The lowest BCUT2D eigenvalue weighted by molar-refractivity contribution is -0.219. The summed E-state index contributed by atoms with van der Waals surface area (Å²) in [5.74, 6) is -4.90. The molecular formula is C42H57F3N6O9S. The van der Waals surface area contributed by atoms with Crippen molar-refractivity contribution in [3.05, 3.63) is 36.4 Å². The van der Waals surface area contributed by atoms with E-state index in [1.807, 2.05) is 11.6 Å². The second-order valence-corrected chi connectivity index (χ2v) is 19.9. The number of nitrogens with one attached hydrogen (secondary N) is 2. The first-order valence-corrected chi connectivity index (χ1v) is 22.2. The van der Waals surface area contributed by atoms with E-state index in [4.69, 9.17) is 9.47 Å². The van der Waals surface area contributed by atoms with E-state index in [0.29, 0.717) is 35.2 Å². The monoisotopic (exact) mass is 878 g/mol. The maximum absolute atomic E-state index is 17.8. The van der Waals surface area contributed by atoms with Crippen LogP contribution in [0, 0.1) is 17.8 Å². The Hall–Kier alpha value is -4.81. The van der Waals surface area contributed by atoms with Crippen molar-refractivity contribution in [2.24, 2.45) is 17.8 Å². The molecule has 3 heterocycles. The summed E-state index contributed by atoms with van der Waals surface area (Å²) in [6, 6.07) is -2.37. The SMILES string of the molecule is CCC(C)N(C(=O)O)[C@@H]1C(=O)N2[C@@H](C[C@@](C)(Oc3nc(N(C)C)cc4cc(OC)ccc34)C2(F)F)C(=O)N[C@]2(C(=O)NS(=O)(=O)C3(CF)CC3)C[C@H]2/C=C\CC[C@@H](C)C[C@H]1C. The number of rotatable bonds is 11. The minimum atomic E-state index is -4.56. The average Bonchev–Trinajstić information content (AvgIpc) is 4.11. The van der Waals surface area contributed by atoms with Gasteiger partial charge in [0.15, 0.2) is 5.60 Å². The topological polar surface area (TPSA) is 188 Å². The van der Waals surface area contributed by atoms with Gasteiger partial charge < -0.3 is 24.8 Å². The van der Waals surface area contributed by atoms with Crippen LogP contribution in [0.5, 0.6) is 11.6 Å². The van der Waals surface area contributed by atoms with E-state index >= 15 is 13.6 Å². The molecule has 4 amide bonds. The molecule has 3 fully saturated rings. The van der Waals surface area contributed by atoms with Gasteiger partial charge in [0.25, 0.3) is 11.8 Å². The van der Waals surface area contributed by atoms with Gasteiger partial charge in [0, 0.05) is 37.9 Å². The Morgan fingerprint density at radius 1 is 1.15 bits per heavy atom. The lowest BCUT2D eigenvalue weighted by Gasteiger charge is -2.42. The second kappa shape index (κ2) is 16.5. The van der Waals surface area contributed by atoms with E-state index in [9.17, 15) is 32.3 Å². The molecule has 0 radical (unpaired) electrons. The minimum absolute atomic E-state index is 0.0153. The number of hydrogen-bond acceptors (Lipinski definition) is 10. The van der Waals surface area contributed by atoms with Gasteiger partial charge in [0.1, 0.15) is 40.6 Å². The number of anilines is 1. The van der Waals surface area contributed by atoms with Crippen LogP contribution in [0.3, 0.4) is 0 Å². The number of hydrogen-bond donors (Lipinski definition) is 3. The van der Waals surface area contributed by atoms with Gasteiger partial charge in [-0.05, 0) is 100 Å². The number of carbonyl (C=O) groups is 4. The molecular weight excluding hydrogens is 822 g/mol. The summed E-state index contributed by atoms with van der Waals surface area (Å²) in [6.07, 6.45) is 2.43. The summed E-state index contributed by atoms with van der Waals surface area (Å²) >= 11 is 0. The normalized spacial score (nSPS) is 30.7. The molecule has 61 heavy (non-hydrogen) atoms. The average molecular weight is 879 g/mol. The Balaban J connectivity index is 1.50. The molecule has 1 aromatic heterocycles. The van der Waals surface area contributed by atoms with Crippen LogP contribution in [0.2, 0.25) is 0 Å². The number of amides is 4. The Bertz CT molecular complexity index is 2210. The number of benzene rings is 1. The van der Waals surface area contributed by atoms with Gasteiger partial charge in [-0.3, -0.25) is 28.9 Å². The predicted molar refractivity (Wildman–Crippen MR) is 221 cm³/mol. The van der Waals surface area contributed by atoms with E-state index in [2.05, 4.69) is 10.3 Å². The Labute approximate surface area is 354 Å². The van der Waals surface area contributed by atoms with Crippen LogP contribution < -0.4 is 24.4 Å². The van der Waals surface area contributed by atoms with E-state index in [-0.39, 0.29) is 48.8 Å². The number of carboxylic acid groups (broad SMARTS) is 1. The molecule has 1 saturated heterocycles. The molecule has 0 spiro atoms. The van der Waals surface area contributed by atoms with Crippen molar-refractivity contribution in [3.8, 4) is 11.6 Å². The van der Waals surface area contributed by atoms with Gasteiger partial charge in [-0.2, -0.15) is 13.8 Å². The first-order valence-electron chi connectivity index (χ1n) is 20.7. The highest BCUT2D eigenvalue weighted by atomic mass is 32.2. The number of alkyl halides is 3. The number of carbonyl (C=O) groups excluding carboxylic acids is 3. The zero-order valence-electron chi connectivity index (χ0n) is 35.8. The summed E-state index contributed by atoms with van der Waals surface area (Å²) in [4.78, 5) is 64.1. The highest BCUT2D eigenvalue weighted by Gasteiger charge is 2.71. The van der Waals surface area contributed by atoms with Crippen LogP contribution in [-0.2, 0) is 24.4 Å². The largest absolute Gasteiger partial charge is 0.497 e. The van der Waals surface area contributed by atoms with Crippen LogP contribution in [0.4, 0.5) is 23.8 Å². The lowest BCUT2D eigenvalue weighted by Crippen LogP contribution is -2.64. The summed E-state index contributed by atoms with van der Waals surface area (Å²) < 4.78 is 87.9. The third-order valence-electron chi connectivity index (χ3n) is 13.1. The number of aromatic nitrogens is 1. The highest BCUT2D eigenvalue weighted by molar-refractivity contribution is 7.91. The van der Waals surface area contributed by atoms with Crippen molar-refractivity contribution in [2.45, 2.75) is 126 Å². The van der Waals surface area contributed by atoms with Crippen LogP contribution in [0.15, 0.2) is 36.4 Å². The molecule has 2 aromatic rings. The van der Waals surface area contributed by atoms with Gasteiger partial charge in [-0.1, -0.05) is 32.9 Å². The maximum Gasteiger partial charge on any atom is 0.408 e. The fraction of sp³-hybridized carbons (Fsp3) is 0.643. The molecule has 6 rings (SSSR count). The van der Waals surface area contributed by atoms with Crippen molar-refractivity contribution < 1.29 is 55.3 Å². The van der Waals surface area contributed by atoms with Gasteiger partial charge >= 0.3 is 12.1 Å². The van der Waals surface area contributed by atoms with Crippen molar-refractivity contribution in [1.29, 1.82) is 0 Å². The Kier molecular flexibility index (Phi) is 12.3. The van der Waals surface area contributed by atoms with E-state index < -0.39 is 98.8 Å². The molecule has 15 nitrogen and oxygen atoms in total. The van der Waals surface area contributed by atoms with E-state index in [0.717, 1.165) is 11.8 Å². The molecule has 2 aliphatic carbocycles. The second-order valence-electron chi connectivity index (χ2n) is 17.8. The number of allylic oxidation sites excluding steroid dienone is 1. The van der Waals surface area contributed by atoms with Crippen molar-refractivity contribution in [3.63, 3.8) is 0 Å². The van der Waals surface area contributed by atoms with Gasteiger partial charge in [0.2, 0.25) is 21.8 Å². The molecule has 1 aromatic carbocycles. The number of pyridine rings is 1. The number of fused-ring (bicyclic) bond motifs is 3. The fourth-order valence-electron chi connectivity index (χ4n) is 8.78. The van der Waals surface area contributed by atoms with Gasteiger partial charge in [-0.15, -0.1) is 0 Å². The van der Waals surface area contributed by atoms with Crippen molar-refractivity contribution in [1.82, 2.24) is 24.8 Å². The lowest BCUT2D eigenvalue weighted by atomic mass is 9.86. The first-order chi connectivity index (χ1) is 28.5. The minimum Gasteiger partial charge on any atom is -0.497 e. The summed E-state index contributed by atoms with van der Waals surface area (Å²) in [5.41, 5.74) is -4.66. The van der Waals surface area contributed by atoms with Crippen LogP contribution >= 0.6 is 0 Å². The predicted octanol–water partition coefficient (Wildman–Crippen LogP) is 5.62. The highest BCUT2D eigenvalue weighted by Crippen LogP contribution is 2.52. The molecule has 336 valence electrons. The van der Waals surface area contributed by atoms with Gasteiger partial charge in [-0.25, -0.2) is 17.6 Å². The molecule has 3 N–H and O–H groups in total. The molecule has 2 aliphatic heterocycles. The van der Waals surface area contributed by atoms with Crippen LogP contribution in [0.1, 0.15) is 86.0 Å². The van der Waals surface area contributed by atoms with Crippen molar-refractivity contribution in [2.75, 3.05) is 32.8 Å². The summed E-state index contributed by atoms with van der Waals surface area (Å²) in [7, 11) is 0.298. The van der Waals surface area contributed by atoms with Crippen LogP contribution in [0.25, 0.3) is 10.8 Å². The molecule has 2 saturated carbocycles. The van der Waals surface area contributed by atoms with E-state index in [1.54, 1.807) is 76.2 Å². The van der Waals surface area contributed by atoms with Crippen molar-refractivity contribution >= 4 is 50.4 Å². The first kappa shape index (κ1) is 45.7. The summed E-state index contributed by atoms with van der Waals surface area (Å²) in [5, 5.41) is 14.0. The third kappa shape index (κ3) is 8.18. The zero-order chi connectivity index (χ0) is 45.0. The number of nitrogens with zero attached hydrogens (tertiary/aromatic N) is 4. The van der Waals surface area contributed by atoms with Gasteiger partial charge in [0.05, 0.1) is 7.11 Å². The molecule has 0 bridgehead atoms. The smallest absolute Gasteiger partial charge is 0.408 e. The fourth-order valence-corrected chi connectivity index (χ4v) is 10.2. The molecule has 4 aliphatic rings. The van der Waals surface area contributed by atoms with Crippen LogP contribution in [-0.4, -0.2) is 120 Å². The zero-order valence-corrected chi connectivity index (χ0v) is 36.7. The standard InChI is InChI=1S/C42H57F3N6O9S/c1-9-26(4)50(38(55)56)33-25(3)18-24(2)12-10-11-13-28-21-41(28,37(54)48-61(57,58)40(23-43)16-17-40)47-34(52)31-22-39(5,42(44,45)51(31)36(33)53)60-35-30-15-14-29(59-8)19-27(30)20-32(46-35)49(6)7/h11,13-15,19-20,24-26,28,31,33H,9-10,12,16-18,21-23H2,1-8H3,(H,47,52)(H,48,54)(H,55,56)/b13-11-/t24-,25-,26?,28-,31+,33+,39-,41-/m1/s1.